The van der Waals surface area contributed by atoms with Gasteiger partial charge in [-0.05, 0) is 27.7 Å². The molecule has 2 rings (SSSR count). The van der Waals surface area contributed by atoms with Gasteiger partial charge < -0.3 is 9.88 Å². The zero-order valence-corrected chi connectivity index (χ0v) is 12.8. The Hall–Kier alpha value is -1.95. The maximum atomic E-state index is 12.0. The molecule has 0 aliphatic heterocycles. The lowest BCUT2D eigenvalue weighted by Gasteiger charge is -2.13. The molecule has 2 aromatic heterocycles. The molecule has 0 spiro atoms. The Morgan fingerprint density at radius 3 is 2.35 bits per heavy atom. The van der Waals surface area contributed by atoms with Gasteiger partial charge in [0.1, 0.15) is 6.54 Å². The minimum absolute atomic E-state index is 0.0390. The normalized spacial score (nSPS) is 10.6. The van der Waals surface area contributed by atoms with Gasteiger partial charge >= 0.3 is 0 Å². The second-order valence-corrected chi connectivity index (χ2v) is 5.97. The van der Waals surface area contributed by atoms with Gasteiger partial charge in [0.05, 0.1) is 5.69 Å². The van der Waals surface area contributed by atoms with Crippen molar-refractivity contribution in [3.8, 4) is 0 Å². The molecule has 0 saturated carbocycles. The molecule has 1 amide bonds. The second kappa shape index (κ2) is 5.58. The van der Waals surface area contributed by atoms with Crippen LogP contribution < -0.4 is 10.7 Å². The van der Waals surface area contributed by atoms with E-state index in [9.17, 15) is 9.59 Å². The SMILES string of the molecule is Cc1nc(NC(=O)Cn2c(C)cc(=O)cc2C)sc1C. The van der Waals surface area contributed by atoms with Gasteiger partial charge in [0.15, 0.2) is 10.6 Å². The van der Waals surface area contributed by atoms with Gasteiger partial charge in [-0.1, -0.05) is 0 Å². The van der Waals surface area contributed by atoms with E-state index in [0.29, 0.717) is 5.13 Å². The molecule has 2 aromatic rings. The number of amides is 1. The largest absolute Gasteiger partial charge is 0.340 e. The summed E-state index contributed by atoms with van der Waals surface area (Å²) in [6.45, 7) is 7.70. The number of pyridine rings is 1. The number of thiazole rings is 1. The second-order valence-electron chi connectivity index (χ2n) is 4.77. The zero-order chi connectivity index (χ0) is 14.9. The average molecular weight is 291 g/mol. The number of anilines is 1. The van der Waals surface area contributed by atoms with Crippen molar-refractivity contribution in [3.05, 3.63) is 44.3 Å². The maximum Gasteiger partial charge on any atom is 0.246 e. The van der Waals surface area contributed by atoms with Crippen molar-refractivity contribution < 1.29 is 4.79 Å². The van der Waals surface area contributed by atoms with Crippen molar-refractivity contribution >= 4 is 22.4 Å². The molecule has 0 aliphatic rings. The van der Waals surface area contributed by atoms with Gasteiger partial charge in [0.25, 0.3) is 0 Å². The Morgan fingerprint density at radius 2 is 1.85 bits per heavy atom. The molecule has 0 atom stereocenters. The van der Waals surface area contributed by atoms with Crippen molar-refractivity contribution in [2.24, 2.45) is 0 Å². The van der Waals surface area contributed by atoms with Crippen molar-refractivity contribution in [1.29, 1.82) is 0 Å². The van der Waals surface area contributed by atoms with Crippen molar-refractivity contribution in [2.75, 3.05) is 5.32 Å². The van der Waals surface area contributed by atoms with Crippen molar-refractivity contribution in [2.45, 2.75) is 34.2 Å². The van der Waals surface area contributed by atoms with E-state index in [1.54, 1.807) is 0 Å². The topological polar surface area (TPSA) is 64.0 Å². The predicted octanol–water partition coefficient (Wildman–Crippen LogP) is 2.18. The summed E-state index contributed by atoms with van der Waals surface area (Å²) < 4.78 is 1.81. The third kappa shape index (κ3) is 3.14. The Kier molecular flexibility index (Phi) is 4.04. The Labute approximate surface area is 121 Å². The first kappa shape index (κ1) is 14.5. The van der Waals surface area contributed by atoms with Gasteiger partial charge in [-0.3, -0.25) is 9.59 Å². The van der Waals surface area contributed by atoms with Crippen LogP contribution in [0.25, 0.3) is 0 Å². The summed E-state index contributed by atoms with van der Waals surface area (Å²) in [4.78, 5) is 28.8. The molecule has 0 fully saturated rings. The Bertz CT molecular complexity index is 670. The van der Waals surface area contributed by atoms with Gasteiger partial charge in [-0.25, -0.2) is 4.98 Å². The summed E-state index contributed by atoms with van der Waals surface area (Å²) in [5.74, 6) is -0.145. The molecule has 20 heavy (non-hydrogen) atoms. The minimum atomic E-state index is -0.145. The fourth-order valence-electron chi connectivity index (χ4n) is 1.97. The molecule has 2 heterocycles. The Balaban J connectivity index is 2.14. The van der Waals surface area contributed by atoms with Crippen LogP contribution in [0.1, 0.15) is 22.0 Å². The van der Waals surface area contributed by atoms with Gasteiger partial charge in [0, 0.05) is 28.4 Å². The summed E-state index contributed by atoms with van der Waals surface area (Å²) in [7, 11) is 0. The van der Waals surface area contributed by atoms with Crippen LogP contribution in [0.2, 0.25) is 0 Å². The summed E-state index contributed by atoms with van der Waals surface area (Å²) in [5.41, 5.74) is 2.44. The third-order valence-corrected chi connectivity index (χ3v) is 4.12. The standard InChI is InChI=1S/C14H17N3O2S/c1-8-5-12(18)6-9(2)17(8)7-13(19)16-14-15-10(3)11(4)20-14/h5-6H,7H2,1-4H3,(H,15,16,19). The molecule has 1 N–H and O–H groups in total. The first-order chi connectivity index (χ1) is 9.36. The fraction of sp³-hybridized carbons (Fsp3) is 0.357. The molecule has 0 radical (unpaired) electrons. The number of carbonyl (C=O) groups is 1. The van der Waals surface area contributed by atoms with E-state index in [4.69, 9.17) is 0 Å². The fourth-order valence-corrected chi connectivity index (χ4v) is 2.80. The number of aromatic nitrogens is 2. The summed E-state index contributed by atoms with van der Waals surface area (Å²) in [6.07, 6.45) is 0. The number of nitrogens with one attached hydrogen (secondary N) is 1. The number of rotatable bonds is 3. The van der Waals surface area contributed by atoms with Crippen LogP contribution in [0.5, 0.6) is 0 Å². The van der Waals surface area contributed by atoms with Crippen LogP contribution in [0, 0.1) is 27.7 Å². The maximum absolute atomic E-state index is 12.0. The first-order valence-corrected chi connectivity index (χ1v) is 7.10. The molecular formula is C14H17N3O2S. The lowest BCUT2D eigenvalue weighted by Crippen LogP contribution is -2.23. The zero-order valence-electron chi connectivity index (χ0n) is 12.0. The van der Waals surface area contributed by atoms with Crippen molar-refractivity contribution in [3.63, 3.8) is 0 Å². The monoisotopic (exact) mass is 291 g/mol. The van der Waals surface area contributed by atoms with E-state index < -0.39 is 0 Å². The van der Waals surface area contributed by atoms with Crippen LogP contribution in [0.3, 0.4) is 0 Å². The van der Waals surface area contributed by atoms with Crippen LogP contribution in [-0.2, 0) is 11.3 Å². The summed E-state index contributed by atoms with van der Waals surface area (Å²) in [6, 6.07) is 3.05. The molecule has 6 heteroatoms. The number of hydrogen-bond acceptors (Lipinski definition) is 4. The summed E-state index contributed by atoms with van der Waals surface area (Å²) in [5, 5.41) is 3.40. The quantitative estimate of drug-likeness (QED) is 0.942. The first-order valence-electron chi connectivity index (χ1n) is 6.29. The molecule has 0 aliphatic carbocycles. The molecular weight excluding hydrogens is 274 g/mol. The van der Waals surface area contributed by atoms with Gasteiger partial charge in [-0.15, -0.1) is 11.3 Å². The highest BCUT2D eigenvalue weighted by Crippen LogP contribution is 2.21. The predicted molar refractivity (Wildman–Crippen MR) is 80.4 cm³/mol. The molecule has 5 nitrogen and oxygen atoms in total. The van der Waals surface area contributed by atoms with Gasteiger partial charge in [-0.2, -0.15) is 0 Å². The van der Waals surface area contributed by atoms with Crippen LogP contribution in [0.15, 0.2) is 16.9 Å². The van der Waals surface area contributed by atoms with E-state index in [-0.39, 0.29) is 17.9 Å². The molecule has 0 saturated heterocycles. The van der Waals surface area contributed by atoms with E-state index in [0.717, 1.165) is 22.0 Å². The molecule has 0 unspecified atom stereocenters. The molecule has 0 bridgehead atoms. The van der Waals surface area contributed by atoms with E-state index in [1.165, 1.54) is 23.5 Å². The van der Waals surface area contributed by atoms with E-state index >= 15 is 0 Å². The van der Waals surface area contributed by atoms with Crippen LogP contribution >= 0.6 is 11.3 Å². The van der Waals surface area contributed by atoms with E-state index in [1.807, 2.05) is 32.3 Å². The van der Waals surface area contributed by atoms with Crippen LogP contribution in [-0.4, -0.2) is 15.5 Å². The number of nitrogens with zero attached hydrogens (tertiary/aromatic N) is 2. The van der Waals surface area contributed by atoms with Crippen molar-refractivity contribution in [1.82, 2.24) is 9.55 Å². The highest BCUT2D eigenvalue weighted by Gasteiger charge is 2.10. The highest BCUT2D eigenvalue weighted by molar-refractivity contribution is 7.15. The lowest BCUT2D eigenvalue weighted by molar-refractivity contribution is -0.116. The smallest absolute Gasteiger partial charge is 0.246 e. The lowest BCUT2D eigenvalue weighted by atomic mass is 10.3. The van der Waals surface area contributed by atoms with Crippen LogP contribution in [0.4, 0.5) is 5.13 Å². The third-order valence-electron chi connectivity index (χ3n) is 3.13. The number of hydrogen-bond donors (Lipinski definition) is 1. The highest BCUT2D eigenvalue weighted by atomic mass is 32.1. The average Bonchev–Trinajstić information content (AvgIpc) is 2.63. The minimum Gasteiger partial charge on any atom is -0.340 e. The summed E-state index contributed by atoms with van der Waals surface area (Å²) >= 11 is 1.46. The van der Waals surface area contributed by atoms with Gasteiger partial charge in [0.2, 0.25) is 5.91 Å². The molecule has 0 aromatic carbocycles. The molecule has 106 valence electrons. The number of aryl methyl sites for hydroxylation is 4. The Morgan fingerprint density at radius 1 is 1.25 bits per heavy atom. The number of carbonyl (C=O) groups excluding carboxylic acids is 1. The van der Waals surface area contributed by atoms with E-state index in [2.05, 4.69) is 10.3 Å².